The van der Waals surface area contributed by atoms with Crippen LogP contribution in [0.25, 0.3) is 0 Å². The van der Waals surface area contributed by atoms with Gasteiger partial charge >= 0.3 is 5.97 Å². The molecule has 0 radical (unpaired) electrons. The van der Waals surface area contributed by atoms with E-state index in [-0.39, 0.29) is 11.3 Å². The molecule has 0 spiro atoms. The quantitative estimate of drug-likeness (QED) is 0.669. The Morgan fingerprint density at radius 2 is 2.23 bits per heavy atom. The zero-order valence-electron chi connectivity index (χ0n) is 7.06. The highest BCUT2D eigenvalue weighted by molar-refractivity contribution is 5.95. The molecule has 2 N–H and O–H groups in total. The van der Waals surface area contributed by atoms with Crippen molar-refractivity contribution in [3.8, 4) is 5.75 Å². The minimum Gasteiger partial charge on any atom is -0.506 e. The number of nitrogens with zero attached hydrogens (tertiary/aromatic N) is 1. The number of aromatic carboxylic acids is 1. The van der Waals surface area contributed by atoms with E-state index in [0.717, 1.165) is 0 Å². The first-order chi connectivity index (χ1) is 6.16. The van der Waals surface area contributed by atoms with Crippen LogP contribution in [0.4, 0.5) is 0 Å². The fraction of sp³-hybridized carbons (Fsp3) is 0.111. The fourth-order valence-corrected chi connectivity index (χ4v) is 0.977. The summed E-state index contributed by atoms with van der Waals surface area (Å²) < 4.78 is 0. The molecule has 4 nitrogen and oxygen atoms in total. The van der Waals surface area contributed by atoms with E-state index in [1.807, 2.05) is 0 Å². The molecule has 0 bridgehead atoms. The van der Waals surface area contributed by atoms with Gasteiger partial charge in [0.2, 0.25) is 0 Å². The summed E-state index contributed by atoms with van der Waals surface area (Å²) in [6.07, 6.45) is 1.40. The Morgan fingerprint density at radius 3 is 2.77 bits per heavy atom. The normalized spacial score (nSPS) is 10.5. The van der Waals surface area contributed by atoms with Crippen molar-refractivity contribution >= 4 is 12.2 Å². The molecule has 13 heavy (non-hydrogen) atoms. The van der Waals surface area contributed by atoms with Crippen molar-refractivity contribution in [1.82, 2.24) is 0 Å². The molecule has 0 aromatic heterocycles. The molecule has 0 fully saturated rings. The van der Waals surface area contributed by atoms with Crippen LogP contribution in [-0.2, 0) is 0 Å². The topological polar surface area (TPSA) is 69.9 Å². The molecule has 0 saturated carbocycles. The van der Waals surface area contributed by atoms with Gasteiger partial charge in [-0.25, -0.2) is 4.79 Å². The van der Waals surface area contributed by atoms with Gasteiger partial charge in [-0.1, -0.05) is 6.07 Å². The van der Waals surface area contributed by atoms with Gasteiger partial charge in [0.1, 0.15) is 11.3 Å². The van der Waals surface area contributed by atoms with Gasteiger partial charge < -0.3 is 10.2 Å². The molecule has 68 valence electrons. The molecule has 0 saturated heterocycles. The van der Waals surface area contributed by atoms with E-state index in [9.17, 15) is 9.90 Å². The lowest BCUT2D eigenvalue weighted by Gasteiger charge is -2.01. The molecule has 0 aliphatic rings. The number of phenols is 1. The summed E-state index contributed by atoms with van der Waals surface area (Å²) >= 11 is 0. The van der Waals surface area contributed by atoms with Gasteiger partial charge in [0.15, 0.2) is 0 Å². The third kappa shape index (κ3) is 1.84. The van der Waals surface area contributed by atoms with Gasteiger partial charge in [0.05, 0.1) is 0 Å². The number of aliphatic imine (C=N–C) groups is 1. The van der Waals surface area contributed by atoms with Crippen molar-refractivity contribution < 1.29 is 15.0 Å². The third-order valence-electron chi connectivity index (χ3n) is 1.57. The lowest BCUT2D eigenvalue weighted by molar-refractivity contribution is 0.0693. The third-order valence-corrected chi connectivity index (χ3v) is 1.57. The molecule has 1 rings (SSSR count). The first-order valence-corrected chi connectivity index (χ1v) is 3.64. The van der Waals surface area contributed by atoms with Crippen LogP contribution in [0.3, 0.4) is 0 Å². The maximum Gasteiger partial charge on any atom is 0.339 e. The van der Waals surface area contributed by atoms with Crippen molar-refractivity contribution in [3.05, 3.63) is 29.3 Å². The monoisotopic (exact) mass is 179 g/mol. The Bertz CT molecular complexity index is 358. The van der Waals surface area contributed by atoms with Crippen LogP contribution < -0.4 is 0 Å². The minimum absolute atomic E-state index is 0.114. The molecule has 0 aliphatic heterocycles. The van der Waals surface area contributed by atoms with E-state index in [4.69, 9.17) is 5.11 Å². The molecule has 4 heteroatoms. The minimum atomic E-state index is -1.15. The summed E-state index contributed by atoms with van der Waals surface area (Å²) in [4.78, 5) is 14.3. The number of benzene rings is 1. The van der Waals surface area contributed by atoms with Crippen molar-refractivity contribution in [2.75, 3.05) is 7.05 Å². The zero-order valence-corrected chi connectivity index (χ0v) is 7.06. The van der Waals surface area contributed by atoms with Crippen LogP contribution in [0.2, 0.25) is 0 Å². The average Bonchev–Trinajstić information content (AvgIpc) is 2.08. The number of carbonyl (C=O) groups is 1. The number of hydrogen-bond donors (Lipinski definition) is 2. The van der Waals surface area contributed by atoms with E-state index >= 15 is 0 Å². The molecule has 1 aromatic rings. The standard InChI is InChI=1S/C9H9NO3/c1-10-5-6-3-2-4-7(8(6)11)9(12)13/h2-5,11H,1H3,(H,12,13). The average molecular weight is 179 g/mol. The lowest BCUT2D eigenvalue weighted by Crippen LogP contribution is -1.98. The molecule has 0 aliphatic carbocycles. The Morgan fingerprint density at radius 1 is 1.54 bits per heavy atom. The van der Waals surface area contributed by atoms with Crippen molar-refractivity contribution in [2.45, 2.75) is 0 Å². The Labute approximate surface area is 75.2 Å². The van der Waals surface area contributed by atoms with E-state index in [2.05, 4.69) is 4.99 Å². The summed E-state index contributed by atoms with van der Waals surface area (Å²) in [5.74, 6) is -1.40. The summed E-state index contributed by atoms with van der Waals surface area (Å²) in [6, 6.07) is 4.49. The van der Waals surface area contributed by atoms with Gasteiger partial charge in [-0.15, -0.1) is 0 Å². The molecule has 0 unspecified atom stereocenters. The van der Waals surface area contributed by atoms with Gasteiger partial charge in [0.25, 0.3) is 0 Å². The van der Waals surface area contributed by atoms with E-state index in [1.165, 1.54) is 12.3 Å². The van der Waals surface area contributed by atoms with Gasteiger partial charge in [-0.2, -0.15) is 0 Å². The highest BCUT2D eigenvalue weighted by Crippen LogP contribution is 2.20. The maximum atomic E-state index is 10.6. The van der Waals surface area contributed by atoms with Crippen molar-refractivity contribution in [1.29, 1.82) is 0 Å². The van der Waals surface area contributed by atoms with Crippen LogP contribution >= 0.6 is 0 Å². The van der Waals surface area contributed by atoms with Crippen LogP contribution in [0, 0.1) is 0 Å². The Hall–Kier alpha value is -1.84. The molecule has 0 heterocycles. The molecule has 0 atom stereocenters. The van der Waals surface area contributed by atoms with E-state index in [1.54, 1.807) is 19.2 Å². The summed E-state index contributed by atoms with van der Waals surface area (Å²) in [5.41, 5.74) is 0.291. The number of hydrogen-bond acceptors (Lipinski definition) is 3. The highest BCUT2D eigenvalue weighted by atomic mass is 16.4. The van der Waals surface area contributed by atoms with Gasteiger partial charge in [0, 0.05) is 18.8 Å². The van der Waals surface area contributed by atoms with Gasteiger partial charge in [-0.3, -0.25) is 4.99 Å². The van der Waals surface area contributed by atoms with E-state index < -0.39 is 5.97 Å². The largest absolute Gasteiger partial charge is 0.506 e. The van der Waals surface area contributed by atoms with Crippen molar-refractivity contribution in [3.63, 3.8) is 0 Å². The second-order valence-electron chi connectivity index (χ2n) is 2.44. The Kier molecular flexibility index (Phi) is 2.64. The lowest BCUT2D eigenvalue weighted by atomic mass is 10.1. The second-order valence-corrected chi connectivity index (χ2v) is 2.44. The van der Waals surface area contributed by atoms with Gasteiger partial charge in [-0.05, 0) is 12.1 Å². The number of aromatic hydroxyl groups is 1. The maximum absolute atomic E-state index is 10.6. The first-order valence-electron chi connectivity index (χ1n) is 3.64. The van der Waals surface area contributed by atoms with Crippen LogP contribution in [0.1, 0.15) is 15.9 Å². The van der Waals surface area contributed by atoms with Crippen LogP contribution in [0.5, 0.6) is 5.75 Å². The number of rotatable bonds is 2. The highest BCUT2D eigenvalue weighted by Gasteiger charge is 2.10. The summed E-state index contributed by atoms with van der Waals surface area (Å²) in [6.45, 7) is 0. The van der Waals surface area contributed by atoms with E-state index in [0.29, 0.717) is 5.56 Å². The summed E-state index contributed by atoms with van der Waals surface area (Å²) in [7, 11) is 1.55. The number of carboxylic acids is 1. The molecule has 0 amide bonds. The number of carboxylic acid groups (broad SMARTS) is 1. The van der Waals surface area contributed by atoms with Crippen LogP contribution in [0.15, 0.2) is 23.2 Å². The fourth-order valence-electron chi connectivity index (χ4n) is 0.977. The Balaban J connectivity index is 3.26. The van der Waals surface area contributed by atoms with Crippen molar-refractivity contribution in [2.24, 2.45) is 4.99 Å². The molecular weight excluding hydrogens is 170 g/mol. The summed E-state index contributed by atoms with van der Waals surface area (Å²) in [5, 5.41) is 18.1. The van der Waals surface area contributed by atoms with Crippen LogP contribution in [-0.4, -0.2) is 29.4 Å². The molecule has 1 aromatic carbocycles. The first kappa shape index (κ1) is 9.25. The molecular formula is C9H9NO3. The zero-order chi connectivity index (χ0) is 9.84. The smallest absolute Gasteiger partial charge is 0.339 e. The predicted molar refractivity (Wildman–Crippen MR) is 48.6 cm³/mol. The number of para-hydroxylation sites is 1. The SMILES string of the molecule is CN=Cc1cccc(C(=O)O)c1O. The predicted octanol–water partition coefficient (Wildman–Crippen LogP) is 1.14. The second kappa shape index (κ2) is 3.71.